The van der Waals surface area contributed by atoms with E-state index in [1.54, 1.807) is 0 Å². The van der Waals surface area contributed by atoms with Gasteiger partial charge in [-0.15, -0.1) is 0 Å². The van der Waals surface area contributed by atoms with Crippen molar-refractivity contribution in [3.05, 3.63) is 23.8 Å². The van der Waals surface area contributed by atoms with Crippen LogP contribution in [0.4, 0.5) is 0 Å². The zero-order valence-electron chi connectivity index (χ0n) is 10.4. The lowest BCUT2D eigenvalue weighted by Crippen LogP contribution is -2.23. The number of thioether (sulfide) groups is 1. The Hall–Kier alpha value is -0.870. The third-order valence-corrected chi connectivity index (χ3v) is 3.72. The molecular weight excluding hydrogens is 234 g/mol. The predicted molar refractivity (Wildman–Crippen MR) is 72.0 cm³/mol. The van der Waals surface area contributed by atoms with Gasteiger partial charge in [0.05, 0.1) is 0 Å². The van der Waals surface area contributed by atoms with Crippen LogP contribution in [0.5, 0.6) is 11.5 Å². The van der Waals surface area contributed by atoms with Crippen molar-refractivity contribution in [2.45, 2.75) is 19.9 Å². The summed E-state index contributed by atoms with van der Waals surface area (Å²) in [5.74, 6) is 3.95. The average Bonchev–Trinajstić information content (AvgIpc) is 2.81. The smallest absolute Gasteiger partial charge is 0.231 e. The zero-order valence-corrected chi connectivity index (χ0v) is 11.2. The molecule has 0 radical (unpaired) electrons. The van der Waals surface area contributed by atoms with Crippen molar-refractivity contribution in [2.24, 2.45) is 0 Å². The molecule has 0 saturated carbocycles. The molecule has 3 nitrogen and oxygen atoms in total. The van der Waals surface area contributed by atoms with E-state index >= 15 is 0 Å². The average molecular weight is 253 g/mol. The molecule has 4 heteroatoms. The maximum atomic E-state index is 5.42. The van der Waals surface area contributed by atoms with Gasteiger partial charge in [0.15, 0.2) is 11.5 Å². The highest BCUT2D eigenvalue weighted by molar-refractivity contribution is 7.99. The van der Waals surface area contributed by atoms with E-state index < -0.39 is 0 Å². The van der Waals surface area contributed by atoms with Crippen LogP contribution >= 0.6 is 11.8 Å². The van der Waals surface area contributed by atoms with E-state index in [9.17, 15) is 0 Å². The second kappa shape index (κ2) is 6.17. The second-order valence-electron chi connectivity index (χ2n) is 3.88. The topological polar surface area (TPSA) is 30.5 Å². The van der Waals surface area contributed by atoms with E-state index in [1.165, 1.54) is 5.56 Å². The first-order valence-corrected chi connectivity index (χ1v) is 7.21. The lowest BCUT2D eigenvalue weighted by Gasteiger charge is -2.18. The van der Waals surface area contributed by atoms with Gasteiger partial charge in [0.1, 0.15) is 0 Å². The fourth-order valence-corrected chi connectivity index (χ4v) is 2.67. The molecule has 1 aliphatic rings. The number of hydrogen-bond acceptors (Lipinski definition) is 4. The van der Waals surface area contributed by atoms with Gasteiger partial charge in [-0.05, 0) is 30.0 Å². The van der Waals surface area contributed by atoms with Crippen LogP contribution in [0.3, 0.4) is 0 Å². The Bertz CT molecular complexity index is 370. The Kier molecular flexibility index (Phi) is 4.57. The summed E-state index contributed by atoms with van der Waals surface area (Å²) in [7, 11) is 0. The number of hydrogen-bond donors (Lipinski definition) is 1. The molecule has 0 bridgehead atoms. The number of fused-ring (bicyclic) bond motifs is 1. The van der Waals surface area contributed by atoms with Crippen molar-refractivity contribution in [1.29, 1.82) is 0 Å². The SMILES string of the molecule is CCNC(CSCC)c1ccc2c(c1)OCO2. The summed E-state index contributed by atoms with van der Waals surface area (Å²) < 4.78 is 10.7. The van der Waals surface area contributed by atoms with E-state index in [-0.39, 0.29) is 0 Å². The standard InChI is InChI=1S/C13H19NO2S/c1-3-14-11(8-17-4-2)10-5-6-12-13(7-10)16-9-15-12/h5-7,11,14H,3-4,8-9H2,1-2H3. The number of nitrogens with one attached hydrogen (secondary N) is 1. The lowest BCUT2D eigenvalue weighted by molar-refractivity contribution is 0.174. The number of benzene rings is 1. The van der Waals surface area contributed by atoms with Crippen LogP contribution in [0, 0.1) is 0 Å². The van der Waals surface area contributed by atoms with Gasteiger partial charge in [0.25, 0.3) is 0 Å². The normalized spacial score (nSPS) is 14.9. The van der Waals surface area contributed by atoms with Crippen LogP contribution in [0.15, 0.2) is 18.2 Å². The van der Waals surface area contributed by atoms with Crippen LogP contribution in [0.1, 0.15) is 25.5 Å². The van der Waals surface area contributed by atoms with Crippen molar-refractivity contribution >= 4 is 11.8 Å². The molecule has 2 rings (SSSR count). The largest absolute Gasteiger partial charge is 0.454 e. The van der Waals surface area contributed by atoms with E-state index in [1.807, 2.05) is 17.8 Å². The van der Waals surface area contributed by atoms with Crippen molar-refractivity contribution in [3.8, 4) is 11.5 Å². The summed E-state index contributed by atoms with van der Waals surface area (Å²) in [5.41, 5.74) is 1.28. The van der Waals surface area contributed by atoms with Gasteiger partial charge in [-0.2, -0.15) is 11.8 Å². The third kappa shape index (κ3) is 3.07. The monoisotopic (exact) mass is 253 g/mol. The van der Waals surface area contributed by atoms with Crippen LogP contribution in [-0.2, 0) is 0 Å². The Morgan fingerprint density at radius 3 is 2.88 bits per heavy atom. The van der Waals surface area contributed by atoms with Gasteiger partial charge in [0, 0.05) is 11.8 Å². The molecule has 1 N–H and O–H groups in total. The van der Waals surface area contributed by atoms with Gasteiger partial charge < -0.3 is 14.8 Å². The highest BCUT2D eigenvalue weighted by atomic mass is 32.2. The van der Waals surface area contributed by atoms with Crippen molar-refractivity contribution in [2.75, 3.05) is 24.8 Å². The minimum atomic E-state index is 0.342. The van der Waals surface area contributed by atoms with Crippen LogP contribution in [0.25, 0.3) is 0 Å². The quantitative estimate of drug-likeness (QED) is 0.844. The van der Waals surface area contributed by atoms with Crippen molar-refractivity contribution in [3.63, 3.8) is 0 Å². The molecule has 0 saturated heterocycles. The third-order valence-electron chi connectivity index (χ3n) is 2.74. The predicted octanol–water partition coefficient (Wildman–Crippen LogP) is 2.82. The minimum Gasteiger partial charge on any atom is -0.454 e. The molecule has 1 unspecified atom stereocenters. The Morgan fingerprint density at radius 1 is 1.29 bits per heavy atom. The molecule has 17 heavy (non-hydrogen) atoms. The van der Waals surface area contributed by atoms with E-state index in [4.69, 9.17) is 9.47 Å². The summed E-state index contributed by atoms with van der Waals surface area (Å²) in [6.45, 7) is 5.64. The van der Waals surface area contributed by atoms with Gasteiger partial charge in [0.2, 0.25) is 6.79 Å². The summed E-state index contributed by atoms with van der Waals surface area (Å²) in [5, 5.41) is 3.51. The zero-order chi connectivity index (χ0) is 12.1. The minimum absolute atomic E-state index is 0.342. The maximum Gasteiger partial charge on any atom is 0.231 e. The molecule has 0 amide bonds. The van der Waals surface area contributed by atoms with E-state index in [0.29, 0.717) is 12.8 Å². The highest BCUT2D eigenvalue weighted by Gasteiger charge is 2.17. The van der Waals surface area contributed by atoms with Crippen LogP contribution < -0.4 is 14.8 Å². The molecule has 1 atom stereocenters. The summed E-state index contributed by atoms with van der Waals surface area (Å²) >= 11 is 1.95. The first-order valence-electron chi connectivity index (χ1n) is 6.05. The number of rotatable bonds is 6. The fraction of sp³-hybridized carbons (Fsp3) is 0.538. The van der Waals surface area contributed by atoms with Crippen LogP contribution in [-0.4, -0.2) is 24.8 Å². The molecular formula is C13H19NO2S. The molecule has 1 aromatic carbocycles. The van der Waals surface area contributed by atoms with Gasteiger partial charge in [-0.25, -0.2) is 0 Å². The fourth-order valence-electron chi connectivity index (χ4n) is 1.88. The molecule has 1 aliphatic heterocycles. The Morgan fingerprint density at radius 2 is 2.12 bits per heavy atom. The summed E-state index contributed by atoms with van der Waals surface area (Å²) in [4.78, 5) is 0. The van der Waals surface area contributed by atoms with Gasteiger partial charge in [-0.3, -0.25) is 0 Å². The molecule has 0 aliphatic carbocycles. The molecule has 1 heterocycles. The Balaban J connectivity index is 2.11. The van der Waals surface area contributed by atoms with Crippen LogP contribution in [0.2, 0.25) is 0 Å². The van der Waals surface area contributed by atoms with E-state index in [2.05, 4.69) is 31.3 Å². The molecule has 1 aromatic rings. The van der Waals surface area contributed by atoms with E-state index in [0.717, 1.165) is 29.5 Å². The molecule has 0 fully saturated rings. The number of ether oxygens (including phenoxy) is 2. The molecule has 0 spiro atoms. The maximum absolute atomic E-state index is 5.42. The molecule has 0 aromatic heterocycles. The lowest BCUT2D eigenvalue weighted by atomic mass is 10.1. The van der Waals surface area contributed by atoms with Gasteiger partial charge >= 0.3 is 0 Å². The second-order valence-corrected chi connectivity index (χ2v) is 5.20. The highest BCUT2D eigenvalue weighted by Crippen LogP contribution is 2.34. The van der Waals surface area contributed by atoms with Gasteiger partial charge in [-0.1, -0.05) is 19.9 Å². The first kappa shape index (κ1) is 12.6. The Labute approximate surface area is 107 Å². The van der Waals surface area contributed by atoms with Crippen molar-refractivity contribution in [1.82, 2.24) is 5.32 Å². The van der Waals surface area contributed by atoms with Crippen molar-refractivity contribution < 1.29 is 9.47 Å². The summed E-state index contributed by atoms with van der Waals surface area (Å²) in [6.07, 6.45) is 0. The first-order chi connectivity index (χ1) is 8.35. The summed E-state index contributed by atoms with van der Waals surface area (Å²) in [6, 6.07) is 6.60. The molecule has 94 valence electrons.